The first kappa shape index (κ1) is 11.4. The van der Waals surface area contributed by atoms with E-state index in [1.807, 2.05) is 0 Å². The standard InChI is InChI=1S/C8H17NO3/c1-5(6(9)10)7(11)12-8(2,3)4/h5-6,10H,9H2,1-4H3/t5?,6-/m1/s1. The van der Waals surface area contributed by atoms with Crippen LogP contribution in [0, 0.1) is 5.92 Å². The second kappa shape index (κ2) is 3.87. The summed E-state index contributed by atoms with van der Waals surface area (Å²) in [4.78, 5) is 11.1. The maximum absolute atomic E-state index is 11.1. The monoisotopic (exact) mass is 175 g/mol. The molecule has 0 aliphatic carbocycles. The second-order valence-corrected chi connectivity index (χ2v) is 3.81. The van der Waals surface area contributed by atoms with E-state index in [9.17, 15) is 4.79 Å². The molecule has 0 fully saturated rings. The summed E-state index contributed by atoms with van der Waals surface area (Å²) in [5.74, 6) is -1.15. The van der Waals surface area contributed by atoms with Crippen LogP contribution in [0.4, 0.5) is 0 Å². The highest BCUT2D eigenvalue weighted by Gasteiger charge is 2.24. The number of rotatable bonds is 2. The number of ether oxygens (including phenoxy) is 1. The van der Waals surface area contributed by atoms with Crippen LogP contribution in [0.3, 0.4) is 0 Å². The number of aliphatic hydroxyl groups excluding tert-OH is 1. The van der Waals surface area contributed by atoms with Crippen molar-refractivity contribution in [3.63, 3.8) is 0 Å². The molecule has 0 heterocycles. The van der Waals surface area contributed by atoms with E-state index in [2.05, 4.69) is 0 Å². The van der Waals surface area contributed by atoms with Gasteiger partial charge in [0.2, 0.25) is 0 Å². The molecule has 1 unspecified atom stereocenters. The first-order valence-electron chi connectivity index (χ1n) is 3.90. The molecule has 0 saturated heterocycles. The van der Waals surface area contributed by atoms with Crippen LogP contribution in [-0.4, -0.2) is 22.9 Å². The molecule has 2 atom stereocenters. The maximum Gasteiger partial charge on any atom is 0.313 e. The van der Waals surface area contributed by atoms with Crippen molar-refractivity contribution >= 4 is 5.97 Å². The fourth-order valence-corrected chi connectivity index (χ4v) is 0.534. The largest absolute Gasteiger partial charge is 0.460 e. The van der Waals surface area contributed by atoms with Crippen molar-refractivity contribution < 1.29 is 14.6 Å². The third-order valence-electron chi connectivity index (χ3n) is 1.29. The van der Waals surface area contributed by atoms with Crippen molar-refractivity contribution in [3.05, 3.63) is 0 Å². The zero-order valence-corrected chi connectivity index (χ0v) is 8.00. The van der Waals surface area contributed by atoms with Crippen LogP contribution in [0.5, 0.6) is 0 Å². The first-order valence-corrected chi connectivity index (χ1v) is 3.90. The van der Waals surface area contributed by atoms with Gasteiger partial charge in [-0.05, 0) is 27.7 Å². The highest BCUT2D eigenvalue weighted by molar-refractivity contribution is 5.72. The van der Waals surface area contributed by atoms with Gasteiger partial charge in [-0.25, -0.2) is 0 Å². The van der Waals surface area contributed by atoms with Gasteiger partial charge in [0, 0.05) is 0 Å². The van der Waals surface area contributed by atoms with E-state index >= 15 is 0 Å². The Labute approximate surface area is 72.7 Å². The molecule has 0 amide bonds. The fraction of sp³-hybridized carbons (Fsp3) is 0.875. The number of carbonyl (C=O) groups excluding carboxylic acids is 1. The molecular weight excluding hydrogens is 158 g/mol. The lowest BCUT2D eigenvalue weighted by atomic mass is 10.1. The third-order valence-corrected chi connectivity index (χ3v) is 1.29. The van der Waals surface area contributed by atoms with Crippen molar-refractivity contribution in [2.24, 2.45) is 11.7 Å². The normalized spacial score (nSPS) is 16.8. The van der Waals surface area contributed by atoms with E-state index < -0.39 is 23.7 Å². The number of carbonyl (C=O) groups is 1. The zero-order chi connectivity index (χ0) is 9.94. The molecule has 0 aromatic carbocycles. The molecule has 0 rings (SSSR count). The molecule has 4 nitrogen and oxygen atoms in total. The molecule has 0 aromatic heterocycles. The van der Waals surface area contributed by atoms with Crippen LogP contribution in [0.1, 0.15) is 27.7 Å². The molecule has 4 heteroatoms. The Bertz CT molecular complexity index is 160. The van der Waals surface area contributed by atoms with E-state index in [0.717, 1.165) is 0 Å². The summed E-state index contributed by atoms with van der Waals surface area (Å²) in [6.07, 6.45) is -1.15. The molecule has 12 heavy (non-hydrogen) atoms. The van der Waals surface area contributed by atoms with E-state index in [-0.39, 0.29) is 0 Å². The number of nitrogens with two attached hydrogens (primary N) is 1. The molecule has 3 N–H and O–H groups in total. The van der Waals surface area contributed by atoms with Crippen molar-refractivity contribution in [2.45, 2.75) is 39.5 Å². The lowest BCUT2D eigenvalue weighted by Crippen LogP contribution is -2.37. The fourth-order valence-electron chi connectivity index (χ4n) is 0.534. The smallest absolute Gasteiger partial charge is 0.313 e. The first-order chi connectivity index (χ1) is 5.24. The lowest BCUT2D eigenvalue weighted by Gasteiger charge is -2.23. The maximum atomic E-state index is 11.1. The third kappa shape index (κ3) is 4.31. The Morgan fingerprint density at radius 2 is 1.92 bits per heavy atom. The topological polar surface area (TPSA) is 72.5 Å². The molecule has 0 spiro atoms. The number of esters is 1. The quantitative estimate of drug-likeness (QED) is 0.466. The molecule has 0 radical (unpaired) electrons. The van der Waals surface area contributed by atoms with Gasteiger partial charge >= 0.3 is 5.97 Å². The molecule has 0 saturated carbocycles. The SMILES string of the molecule is CC(C(=O)OC(C)(C)C)[C@H](N)O. The van der Waals surface area contributed by atoms with Gasteiger partial charge in [-0.15, -0.1) is 0 Å². The molecule has 0 aliphatic rings. The van der Waals surface area contributed by atoms with E-state index in [1.54, 1.807) is 20.8 Å². The van der Waals surface area contributed by atoms with Gasteiger partial charge in [-0.1, -0.05) is 0 Å². The zero-order valence-electron chi connectivity index (χ0n) is 8.00. The summed E-state index contributed by atoms with van der Waals surface area (Å²) in [7, 11) is 0. The van der Waals surface area contributed by atoms with E-state index in [1.165, 1.54) is 6.92 Å². The highest BCUT2D eigenvalue weighted by Crippen LogP contribution is 2.11. The molecular formula is C8H17NO3. The molecule has 0 bridgehead atoms. The van der Waals surface area contributed by atoms with Crippen LogP contribution < -0.4 is 5.73 Å². The van der Waals surface area contributed by atoms with Gasteiger partial charge in [0.1, 0.15) is 11.8 Å². The van der Waals surface area contributed by atoms with Crippen molar-refractivity contribution in [3.8, 4) is 0 Å². The van der Waals surface area contributed by atoms with Gasteiger partial charge in [0.05, 0.1) is 5.92 Å². The predicted molar refractivity (Wildman–Crippen MR) is 45.2 cm³/mol. The minimum atomic E-state index is -1.15. The van der Waals surface area contributed by atoms with Gasteiger partial charge in [-0.2, -0.15) is 0 Å². The number of aliphatic hydroxyl groups is 1. The van der Waals surface area contributed by atoms with Crippen molar-refractivity contribution in [1.82, 2.24) is 0 Å². The van der Waals surface area contributed by atoms with Crippen LogP contribution in [0.15, 0.2) is 0 Å². The number of hydrogen-bond donors (Lipinski definition) is 2. The summed E-state index contributed by atoms with van der Waals surface area (Å²) in [6.45, 7) is 6.82. The second-order valence-electron chi connectivity index (χ2n) is 3.81. The minimum Gasteiger partial charge on any atom is -0.460 e. The van der Waals surface area contributed by atoms with E-state index in [4.69, 9.17) is 15.6 Å². The van der Waals surface area contributed by atoms with Gasteiger partial charge in [0.15, 0.2) is 0 Å². The lowest BCUT2D eigenvalue weighted by molar-refractivity contribution is -0.162. The van der Waals surface area contributed by atoms with E-state index in [0.29, 0.717) is 0 Å². The Morgan fingerprint density at radius 1 is 1.50 bits per heavy atom. The summed E-state index contributed by atoms with van der Waals surface area (Å²) in [5.41, 5.74) is 4.58. The summed E-state index contributed by atoms with van der Waals surface area (Å²) >= 11 is 0. The highest BCUT2D eigenvalue weighted by atomic mass is 16.6. The summed E-state index contributed by atoms with van der Waals surface area (Å²) < 4.78 is 4.98. The molecule has 0 aliphatic heterocycles. The van der Waals surface area contributed by atoms with Gasteiger partial charge in [-0.3, -0.25) is 4.79 Å². The molecule has 72 valence electrons. The van der Waals surface area contributed by atoms with Crippen LogP contribution in [0.25, 0.3) is 0 Å². The minimum absolute atomic E-state index is 0.475. The summed E-state index contributed by atoms with van der Waals surface area (Å²) in [5, 5.41) is 8.87. The number of hydrogen-bond acceptors (Lipinski definition) is 4. The molecule has 0 aromatic rings. The predicted octanol–water partition coefficient (Wildman–Crippen LogP) is 0.241. The van der Waals surface area contributed by atoms with Gasteiger partial charge in [0.25, 0.3) is 0 Å². The van der Waals surface area contributed by atoms with Crippen LogP contribution in [0.2, 0.25) is 0 Å². The average molecular weight is 175 g/mol. The van der Waals surface area contributed by atoms with Crippen molar-refractivity contribution in [2.75, 3.05) is 0 Å². The summed E-state index contributed by atoms with van der Waals surface area (Å²) in [6, 6.07) is 0. The Hall–Kier alpha value is -0.610. The van der Waals surface area contributed by atoms with Crippen molar-refractivity contribution in [1.29, 1.82) is 0 Å². The average Bonchev–Trinajstić information content (AvgIpc) is 1.82. The van der Waals surface area contributed by atoms with Crippen LogP contribution in [-0.2, 0) is 9.53 Å². The van der Waals surface area contributed by atoms with Gasteiger partial charge < -0.3 is 15.6 Å². The Morgan fingerprint density at radius 3 is 2.17 bits per heavy atom. The Balaban J connectivity index is 4.05. The Kier molecular flexibility index (Phi) is 3.67. The van der Waals surface area contributed by atoms with Crippen LogP contribution >= 0.6 is 0 Å².